The Labute approximate surface area is 160 Å². The van der Waals surface area contributed by atoms with Crippen LogP contribution in [0.4, 0.5) is 17.5 Å². The maximum absolute atomic E-state index is 6.55. The second-order valence-electron chi connectivity index (χ2n) is 2.90. The van der Waals surface area contributed by atoms with Gasteiger partial charge in [-0.05, 0) is 22.6 Å². The molecule has 0 amide bonds. The molecule has 22 heavy (non-hydrogen) atoms. The van der Waals surface area contributed by atoms with Crippen molar-refractivity contribution < 1.29 is 17.1 Å². The Morgan fingerprint density at radius 2 is 1.50 bits per heavy atom. The van der Waals surface area contributed by atoms with E-state index in [2.05, 4.69) is 24.8 Å². The van der Waals surface area contributed by atoms with Gasteiger partial charge in [-0.15, -0.1) is 4.98 Å². The molecule has 2 aromatic heterocycles. The fraction of sp³-hybridized carbons (Fsp3) is 0. The molecule has 0 aliphatic carbocycles. The van der Waals surface area contributed by atoms with E-state index in [1.807, 2.05) is 22.6 Å². The van der Waals surface area contributed by atoms with E-state index in [9.17, 15) is 0 Å². The maximum Gasteiger partial charge on any atom is 1.00 e. The third kappa shape index (κ3) is 8.12. The van der Waals surface area contributed by atoms with Gasteiger partial charge in [0.15, 0.2) is 22.3 Å². The van der Waals surface area contributed by atoms with Crippen molar-refractivity contribution in [1.29, 1.82) is 5.26 Å². The fourth-order valence-electron chi connectivity index (χ4n) is 0.812. The summed E-state index contributed by atoms with van der Waals surface area (Å²) in [4.78, 5) is 17.8. The topological polar surface area (TPSA) is 132 Å². The van der Waals surface area contributed by atoms with Gasteiger partial charge < -0.3 is 28.1 Å². The number of anilines is 2. The van der Waals surface area contributed by atoms with Gasteiger partial charge >= 0.3 is 22.9 Å². The predicted molar refractivity (Wildman–Crippen MR) is 86.9 cm³/mol. The molecule has 0 aromatic carbocycles. The number of hydrogen-bond acceptors (Lipinski definition) is 7. The Morgan fingerprint density at radius 3 is 1.86 bits per heavy atom. The number of aromatic nitrogens is 4. The molecule has 0 saturated heterocycles. The molecule has 0 radical (unpaired) electrons. The molecule has 2 heterocycles. The molecule has 2 rings (SSSR count). The van der Waals surface area contributed by atoms with Crippen LogP contribution in [0.15, 0.2) is 12.4 Å². The zero-order valence-electron chi connectivity index (χ0n) is 10.4. The zero-order valence-corrected chi connectivity index (χ0v) is 15.0. The van der Waals surface area contributed by atoms with Gasteiger partial charge in [0.05, 0.1) is 6.20 Å². The first kappa shape index (κ1) is 22.8. The molecule has 0 aliphatic rings. The van der Waals surface area contributed by atoms with E-state index < -0.39 is 0 Å². The van der Waals surface area contributed by atoms with Crippen LogP contribution in [-0.4, -0.2) is 19.9 Å². The van der Waals surface area contributed by atoms with Crippen LogP contribution in [0.1, 0.15) is 0 Å². The van der Waals surface area contributed by atoms with Crippen LogP contribution in [-0.2, 0) is 17.1 Å². The standard InChI is InChI=1S/C5H3ClN4.C4H3ClIN3.CN.Cu/c1-8-5-4(6)10-3(7)2-9-5;5-3-4(6)8-1-2(7)9-3;1-2;/h2H,(H2,7,10);1H,(H2,7,9);;/q;;-1;+1. The molecular weight excluding hydrogens is 494 g/mol. The van der Waals surface area contributed by atoms with Crippen molar-refractivity contribution in [3.63, 3.8) is 0 Å². The second kappa shape index (κ2) is 12.1. The zero-order chi connectivity index (χ0) is 16.4. The third-order valence-electron chi connectivity index (χ3n) is 1.54. The molecule has 12 heteroatoms. The van der Waals surface area contributed by atoms with E-state index in [-0.39, 0.29) is 33.9 Å². The number of nitrogen functional groups attached to an aromatic ring is 2. The van der Waals surface area contributed by atoms with E-state index in [1.54, 1.807) is 0 Å². The van der Waals surface area contributed by atoms with Crippen molar-refractivity contribution in [2.75, 3.05) is 11.5 Å². The van der Waals surface area contributed by atoms with Crippen molar-refractivity contribution in [3.8, 4) is 0 Å². The first-order valence-corrected chi connectivity index (χ1v) is 6.59. The van der Waals surface area contributed by atoms with Crippen LogP contribution >= 0.6 is 45.8 Å². The summed E-state index contributed by atoms with van der Waals surface area (Å²) in [6.45, 7) is 11.3. The van der Waals surface area contributed by atoms with Crippen LogP contribution in [0.5, 0.6) is 0 Å². The second-order valence-corrected chi connectivity index (χ2v) is 4.64. The first-order chi connectivity index (χ1) is 9.93. The van der Waals surface area contributed by atoms with Gasteiger partial charge in [0.2, 0.25) is 0 Å². The van der Waals surface area contributed by atoms with Crippen LogP contribution in [0.25, 0.3) is 4.85 Å². The van der Waals surface area contributed by atoms with E-state index in [0.29, 0.717) is 14.7 Å². The van der Waals surface area contributed by atoms with Crippen LogP contribution < -0.4 is 11.5 Å². The molecule has 118 valence electrons. The minimum absolute atomic E-state index is 0. The van der Waals surface area contributed by atoms with Crippen molar-refractivity contribution in [3.05, 3.63) is 44.4 Å². The minimum Gasteiger partial charge on any atom is -0.512 e. The summed E-state index contributed by atoms with van der Waals surface area (Å²) < 4.78 is 0.670. The van der Waals surface area contributed by atoms with Crippen LogP contribution in [0.3, 0.4) is 0 Å². The van der Waals surface area contributed by atoms with Crippen molar-refractivity contribution in [1.82, 2.24) is 19.9 Å². The first-order valence-electron chi connectivity index (χ1n) is 4.75. The van der Waals surface area contributed by atoms with E-state index in [4.69, 9.17) is 53.1 Å². The molecule has 4 N–H and O–H groups in total. The summed E-state index contributed by atoms with van der Waals surface area (Å²) in [7, 11) is 0. The number of nitrogens with two attached hydrogens (primary N) is 2. The summed E-state index contributed by atoms with van der Waals surface area (Å²) in [6.07, 6.45) is 2.76. The molecular formula is C10H6Cl2CuIN8. The summed E-state index contributed by atoms with van der Waals surface area (Å²) in [5, 5.41) is 6.66. The monoisotopic (exact) mass is 498 g/mol. The third-order valence-corrected chi connectivity index (χ3v) is 3.17. The summed E-state index contributed by atoms with van der Waals surface area (Å²) >= 11 is 13.0. The number of hydrogen-bond donors (Lipinski definition) is 2. The summed E-state index contributed by atoms with van der Waals surface area (Å²) in [5.41, 5.74) is 10.5. The molecule has 0 unspecified atom stereocenters. The maximum atomic E-state index is 6.55. The van der Waals surface area contributed by atoms with Gasteiger partial charge in [-0.3, -0.25) is 0 Å². The Balaban J connectivity index is 0. The summed E-state index contributed by atoms with van der Waals surface area (Å²) in [5.74, 6) is 0.647. The van der Waals surface area contributed by atoms with Gasteiger partial charge in [0.25, 0.3) is 0 Å². The number of nitrogens with zero attached hydrogens (tertiary/aromatic N) is 6. The van der Waals surface area contributed by atoms with Gasteiger partial charge in [-0.1, -0.05) is 29.8 Å². The molecule has 0 saturated carbocycles. The number of rotatable bonds is 0. The van der Waals surface area contributed by atoms with Crippen LogP contribution in [0.2, 0.25) is 10.3 Å². The quantitative estimate of drug-likeness (QED) is 0.324. The van der Waals surface area contributed by atoms with E-state index in [1.165, 1.54) is 12.4 Å². The van der Waals surface area contributed by atoms with Gasteiger partial charge in [-0.2, -0.15) is 0 Å². The van der Waals surface area contributed by atoms with Crippen molar-refractivity contribution in [2.24, 2.45) is 0 Å². The Hall–Kier alpha value is -1.43. The van der Waals surface area contributed by atoms with Crippen molar-refractivity contribution >= 4 is 63.2 Å². The fourth-order valence-corrected chi connectivity index (χ4v) is 1.41. The predicted octanol–water partition coefficient (Wildman–Crippen LogP) is 2.67. The van der Waals surface area contributed by atoms with Gasteiger partial charge in [-0.25, -0.2) is 15.0 Å². The molecule has 2 aromatic rings. The smallest absolute Gasteiger partial charge is 0.512 e. The van der Waals surface area contributed by atoms with Crippen LogP contribution in [0, 0.1) is 22.1 Å². The normalized spacial score (nSPS) is 8.00. The largest absolute Gasteiger partial charge is 1.00 e. The molecule has 0 atom stereocenters. The average molecular weight is 500 g/mol. The molecule has 0 fully saturated rings. The molecule has 0 bridgehead atoms. The van der Waals surface area contributed by atoms with Gasteiger partial charge in [0, 0.05) is 0 Å². The van der Waals surface area contributed by atoms with E-state index >= 15 is 0 Å². The minimum atomic E-state index is 0. The number of halogens is 3. The van der Waals surface area contributed by atoms with Crippen molar-refractivity contribution in [2.45, 2.75) is 0 Å². The molecule has 0 aliphatic heterocycles. The van der Waals surface area contributed by atoms with E-state index in [0.717, 1.165) is 0 Å². The Kier molecular flexibility index (Phi) is 12.6. The SMILES string of the molecule is Nc1cnc(I)c(Cl)n1.[C-]#N.[C-]#[N+]c1ncc(N)nc1Cl.[Cu+]. The Bertz CT molecular complexity index is 676. The Morgan fingerprint density at radius 1 is 1.05 bits per heavy atom. The van der Waals surface area contributed by atoms with Gasteiger partial charge in [0.1, 0.15) is 9.52 Å². The molecule has 0 spiro atoms. The molecule has 8 nitrogen and oxygen atoms in total. The average Bonchev–Trinajstić information content (AvgIpc) is 2.46. The summed E-state index contributed by atoms with van der Waals surface area (Å²) in [6, 6.07) is 0.